The maximum atomic E-state index is 5.65. The maximum absolute atomic E-state index is 5.65. The van der Waals surface area contributed by atoms with E-state index in [1.807, 2.05) is 12.1 Å². The minimum atomic E-state index is 0.719. The van der Waals surface area contributed by atoms with Crippen molar-refractivity contribution < 1.29 is 4.74 Å². The molecule has 0 aromatic heterocycles. The zero-order valence-corrected chi connectivity index (χ0v) is 8.90. The fourth-order valence-electron chi connectivity index (χ4n) is 1.41. The number of methoxy groups -OCH3 is 1. The second-order valence-electron chi connectivity index (χ2n) is 3.04. The van der Waals surface area contributed by atoms with Crippen LogP contribution in [-0.2, 0) is 6.42 Å². The molecule has 0 unspecified atom stereocenters. The van der Waals surface area contributed by atoms with Gasteiger partial charge in [0.25, 0.3) is 0 Å². The van der Waals surface area contributed by atoms with E-state index >= 15 is 0 Å². The zero-order valence-electron chi connectivity index (χ0n) is 8.14. The summed E-state index contributed by atoms with van der Waals surface area (Å²) in [5, 5.41) is 0. The van der Waals surface area contributed by atoms with E-state index < -0.39 is 0 Å². The van der Waals surface area contributed by atoms with Crippen LogP contribution in [0.2, 0.25) is 0 Å². The van der Waals surface area contributed by atoms with E-state index in [-0.39, 0.29) is 0 Å². The molecule has 0 saturated carbocycles. The third-order valence-electron chi connectivity index (χ3n) is 2.20. The second kappa shape index (κ2) is 5.13. The number of hydrogen-bond acceptors (Lipinski definition) is 1. The first-order valence-electron chi connectivity index (χ1n) is 4.48. The molecule has 13 heavy (non-hydrogen) atoms. The molecule has 0 amide bonds. The SMILES string of the molecule is COc1cccc(CCCCl)c1C. The topological polar surface area (TPSA) is 9.23 Å². The van der Waals surface area contributed by atoms with Gasteiger partial charge in [-0.25, -0.2) is 0 Å². The van der Waals surface area contributed by atoms with E-state index in [9.17, 15) is 0 Å². The van der Waals surface area contributed by atoms with Crippen LogP contribution in [0.5, 0.6) is 5.75 Å². The van der Waals surface area contributed by atoms with Gasteiger partial charge in [-0.1, -0.05) is 12.1 Å². The highest BCUT2D eigenvalue weighted by Crippen LogP contribution is 2.21. The summed E-state index contributed by atoms with van der Waals surface area (Å²) in [5.41, 5.74) is 2.56. The molecule has 1 rings (SSSR count). The number of ether oxygens (including phenoxy) is 1. The lowest BCUT2D eigenvalue weighted by Crippen LogP contribution is -1.94. The average Bonchev–Trinajstić information content (AvgIpc) is 2.16. The highest BCUT2D eigenvalue weighted by Gasteiger charge is 2.02. The molecule has 0 N–H and O–H groups in total. The lowest BCUT2D eigenvalue weighted by molar-refractivity contribution is 0.411. The number of halogens is 1. The lowest BCUT2D eigenvalue weighted by atomic mass is 10.0. The number of hydrogen-bond donors (Lipinski definition) is 0. The molecule has 1 aromatic rings. The van der Waals surface area contributed by atoms with Crippen molar-refractivity contribution in [3.8, 4) is 5.75 Å². The lowest BCUT2D eigenvalue weighted by Gasteiger charge is -2.09. The van der Waals surface area contributed by atoms with Gasteiger partial charge in [0.15, 0.2) is 0 Å². The van der Waals surface area contributed by atoms with E-state index in [1.165, 1.54) is 11.1 Å². The third-order valence-corrected chi connectivity index (χ3v) is 2.46. The molecule has 72 valence electrons. The van der Waals surface area contributed by atoms with Crippen molar-refractivity contribution in [1.29, 1.82) is 0 Å². The minimum absolute atomic E-state index is 0.719. The van der Waals surface area contributed by atoms with Crippen molar-refractivity contribution >= 4 is 11.6 Å². The second-order valence-corrected chi connectivity index (χ2v) is 3.41. The van der Waals surface area contributed by atoms with Crippen LogP contribution in [0.1, 0.15) is 17.5 Å². The zero-order chi connectivity index (χ0) is 9.68. The van der Waals surface area contributed by atoms with Crippen molar-refractivity contribution in [2.24, 2.45) is 0 Å². The predicted octanol–water partition coefficient (Wildman–Crippen LogP) is 3.18. The Morgan fingerprint density at radius 2 is 2.15 bits per heavy atom. The van der Waals surface area contributed by atoms with Crippen LogP contribution >= 0.6 is 11.6 Å². The molecule has 1 nitrogen and oxygen atoms in total. The van der Waals surface area contributed by atoms with Crippen molar-refractivity contribution in [3.05, 3.63) is 29.3 Å². The fraction of sp³-hybridized carbons (Fsp3) is 0.455. The molecule has 2 heteroatoms. The van der Waals surface area contributed by atoms with Gasteiger partial charge in [-0.3, -0.25) is 0 Å². The molecule has 0 aliphatic heterocycles. The summed E-state index contributed by atoms with van der Waals surface area (Å²) in [6.45, 7) is 2.09. The van der Waals surface area contributed by atoms with Gasteiger partial charge in [-0.2, -0.15) is 0 Å². The minimum Gasteiger partial charge on any atom is -0.496 e. The molecular weight excluding hydrogens is 184 g/mol. The monoisotopic (exact) mass is 198 g/mol. The van der Waals surface area contributed by atoms with Gasteiger partial charge in [0, 0.05) is 5.88 Å². The normalized spacial score (nSPS) is 10.1. The largest absolute Gasteiger partial charge is 0.496 e. The van der Waals surface area contributed by atoms with Crippen molar-refractivity contribution in [2.75, 3.05) is 13.0 Å². The molecule has 0 radical (unpaired) electrons. The first-order chi connectivity index (χ1) is 6.29. The Hall–Kier alpha value is -0.690. The van der Waals surface area contributed by atoms with Crippen molar-refractivity contribution in [3.63, 3.8) is 0 Å². The molecule has 0 atom stereocenters. The van der Waals surface area contributed by atoms with E-state index in [0.717, 1.165) is 24.5 Å². The molecular formula is C11H15ClO. The van der Waals surface area contributed by atoms with Gasteiger partial charge >= 0.3 is 0 Å². The summed E-state index contributed by atoms with van der Waals surface area (Å²) in [5.74, 6) is 1.68. The smallest absolute Gasteiger partial charge is 0.122 e. The van der Waals surface area contributed by atoms with Crippen LogP contribution < -0.4 is 4.74 Å². The molecule has 0 spiro atoms. The summed E-state index contributed by atoms with van der Waals surface area (Å²) in [6, 6.07) is 6.14. The first-order valence-corrected chi connectivity index (χ1v) is 5.01. The molecule has 0 fully saturated rings. The third kappa shape index (κ3) is 2.63. The standard InChI is InChI=1S/C11H15ClO/c1-9-10(6-4-8-12)5-3-7-11(9)13-2/h3,5,7H,4,6,8H2,1-2H3. The van der Waals surface area contributed by atoms with Gasteiger partial charge < -0.3 is 4.74 Å². The number of benzene rings is 1. The first kappa shape index (κ1) is 10.4. The molecule has 0 bridgehead atoms. The summed E-state index contributed by atoms with van der Waals surface area (Å²) >= 11 is 5.65. The molecule has 0 saturated heterocycles. The quantitative estimate of drug-likeness (QED) is 0.676. The Kier molecular flexibility index (Phi) is 4.10. The van der Waals surface area contributed by atoms with E-state index in [0.29, 0.717) is 0 Å². The van der Waals surface area contributed by atoms with Gasteiger partial charge in [-0.15, -0.1) is 11.6 Å². The van der Waals surface area contributed by atoms with Crippen molar-refractivity contribution in [1.82, 2.24) is 0 Å². The number of aryl methyl sites for hydroxylation is 1. The van der Waals surface area contributed by atoms with E-state index in [1.54, 1.807) is 7.11 Å². The molecule has 0 aliphatic carbocycles. The van der Waals surface area contributed by atoms with Gasteiger partial charge in [0.1, 0.15) is 5.75 Å². The predicted molar refractivity (Wildman–Crippen MR) is 56.8 cm³/mol. The molecule has 1 aromatic carbocycles. The van der Waals surface area contributed by atoms with Crippen LogP contribution in [0.15, 0.2) is 18.2 Å². The Morgan fingerprint density at radius 3 is 2.77 bits per heavy atom. The van der Waals surface area contributed by atoms with Crippen LogP contribution in [0, 0.1) is 6.92 Å². The fourth-order valence-corrected chi connectivity index (χ4v) is 1.54. The van der Waals surface area contributed by atoms with Crippen LogP contribution in [0.3, 0.4) is 0 Å². The van der Waals surface area contributed by atoms with E-state index in [4.69, 9.17) is 16.3 Å². The van der Waals surface area contributed by atoms with Crippen LogP contribution in [0.4, 0.5) is 0 Å². The number of rotatable bonds is 4. The van der Waals surface area contributed by atoms with Gasteiger partial charge in [0.05, 0.1) is 7.11 Å². The highest BCUT2D eigenvalue weighted by atomic mass is 35.5. The van der Waals surface area contributed by atoms with Gasteiger partial charge in [-0.05, 0) is 37.0 Å². The summed E-state index contributed by atoms with van der Waals surface area (Å²) in [6.07, 6.45) is 2.06. The Labute approximate surface area is 84.7 Å². The van der Waals surface area contributed by atoms with Crippen LogP contribution in [0.25, 0.3) is 0 Å². The van der Waals surface area contributed by atoms with Crippen molar-refractivity contribution in [2.45, 2.75) is 19.8 Å². The maximum Gasteiger partial charge on any atom is 0.122 e. The Bertz CT molecular complexity index is 271. The number of alkyl halides is 1. The Morgan fingerprint density at radius 1 is 1.38 bits per heavy atom. The summed E-state index contributed by atoms with van der Waals surface area (Å²) < 4.78 is 5.23. The molecule has 0 heterocycles. The summed E-state index contributed by atoms with van der Waals surface area (Å²) in [4.78, 5) is 0. The average molecular weight is 199 g/mol. The molecule has 0 aliphatic rings. The highest BCUT2D eigenvalue weighted by molar-refractivity contribution is 6.17. The van der Waals surface area contributed by atoms with Gasteiger partial charge in [0.2, 0.25) is 0 Å². The Balaban J connectivity index is 2.81. The van der Waals surface area contributed by atoms with Crippen LogP contribution in [-0.4, -0.2) is 13.0 Å². The summed E-state index contributed by atoms with van der Waals surface area (Å²) in [7, 11) is 1.70. The van der Waals surface area contributed by atoms with E-state index in [2.05, 4.69) is 13.0 Å².